The fourth-order valence-corrected chi connectivity index (χ4v) is 2.64. The molecule has 1 saturated heterocycles. The van der Waals surface area contributed by atoms with Crippen LogP contribution in [0.2, 0.25) is 0 Å². The molecule has 3 heteroatoms. The topological polar surface area (TPSA) is 38.5 Å². The number of nitrogens with zero attached hydrogens (tertiary/aromatic N) is 1. The van der Waals surface area contributed by atoms with Crippen molar-refractivity contribution in [1.29, 1.82) is 0 Å². The summed E-state index contributed by atoms with van der Waals surface area (Å²) in [6.45, 7) is 7.31. The first kappa shape index (κ1) is 14.4. The number of rotatable bonds is 5. The van der Waals surface area contributed by atoms with Crippen LogP contribution in [-0.4, -0.2) is 30.1 Å². The summed E-state index contributed by atoms with van der Waals surface area (Å²) in [5.74, 6) is 0.972. The van der Waals surface area contributed by atoms with Crippen LogP contribution in [-0.2, 0) is 6.54 Å². The van der Waals surface area contributed by atoms with Crippen molar-refractivity contribution in [2.45, 2.75) is 51.7 Å². The monoisotopic (exact) mass is 262 g/mol. The molecule has 2 rings (SSSR count). The first-order valence-electron chi connectivity index (χ1n) is 7.40. The van der Waals surface area contributed by atoms with E-state index in [1.165, 1.54) is 5.56 Å². The molecule has 1 aliphatic rings. The third-order valence-corrected chi connectivity index (χ3v) is 3.84. The molecule has 1 aliphatic heterocycles. The van der Waals surface area contributed by atoms with Gasteiger partial charge >= 0.3 is 0 Å². The van der Waals surface area contributed by atoms with Crippen molar-refractivity contribution in [3.05, 3.63) is 29.8 Å². The Balaban J connectivity index is 1.88. The number of ether oxygens (including phenoxy) is 1. The molecule has 0 bridgehead atoms. The summed E-state index contributed by atoms with van der Waals surface area (Å²) < 4.78 is 5.61. The van der Waals surface area contributed by atoms with Crippen LogP contribution >= 0.6 is 0 Å². The molecule has 0 aliphatic carbocycles. The Hall–Kier alpha value is -1.06. The van der Waals surface area contributed by atoms with Crippen molar-refractivity contribution in [2.24, 2.45) is 5.73 Å². The molecule has 0 radical (unpaired) electrons. The lowest BCUT2D eigenvalue weighted by atomic mass is 9.98. The molecule has 2 N–H and O–H groups in total. The van der Waals surface area contributed by atoms with Crippen LogP contribution in [0.3, 0.4) is 0 Å². The van der Waals surface area contributed by atoms with E-state index in [0.29, 0.717) is 12.1 Å². The average Bonchev–Trinajstić information content (AvgIpc) is 2.41. The van der Waals surface area contributed by atoms with Crippen molar-refractivity contribution in [1.82, 2.24) is 4.90 Å². The first-order valence-corrected chi connectivity index (χ1v) is 7.40. The van der Waals surface area contributed by atoms with Crippen LogP contribution in [0, 0.1) is 0 Å². The van der Waals surface area contributed by atoms with Crippen molar-refractivity contribution < 1.29 is 4.74 Å². The van der Waals surface area contributed by atoms with Crippen LogP contribution < -0.4 is 10.5 Å². The summed E-state index contributed by atoms with van der Waals surface area (Å²) in [6.07, 6.45) is 3.27. The first-order chi connectivity index (χ1) is 9.19. The molecule has 0 aromatic heterocycles. The van der Waals surface area contributed by atoms with Gasteiger partial charge in [0.25, 0.3) is 0 Å². The zero-order valence-corrected chi connectivity index (χ0v) is 12.1. The van der Waals surface area contributed by atoms with E-state index in [2.05, 4.69) is 43.0 Å². The van der Waals surface area contributed by atoms with Crippen LogP contribution in [0.25, 0.3) is 0 Å². The van der Waals surface area contributed by atoms with Gasteiger partial charge in [0.2, 0.25) is 0 Å². The predicted octanol–water partition coefficient (Wildman–Crippen LogP) is 2.79. The van der Waals surface area contributed by atoms with Gasteiger partial charge in [-0.05, 0) is 43.9 Å². The standard InChI is InChI=1S/C16H26N2O/c1-3-10-19-16-6-4-14(5-7-16)12-18-9-8-15(17)11-13(18)2/h4-7,13,15H,3,8-12,17H2,1-2H3. The number of nitrogens with two attached hydrogens (primary N) is 1. The second-order valence-electron chi connectivity index (χ2n) is 5.60. The molecule has 19 heavy (non-hydrogen) atoms. The van der Waals surface area contributed by atoms with Gasteiger partial charge in [0.1, 0.15) is 5.75 Å². The fourth-order valence-electron chi connectivity index (χ4n) is 2.64. The lowest BCUT2D eigenvalue weighted by Gasteiger charge is -2.36. The van der Waals surface area contributed by atoms with Gasteiger partial charge in [0.05, 0.1) is 6.61 Å². The van der Waals surface area contributed by atoms with E-state index in [1.54, 1.807) is 0 Å². The zero-order valence-electron chi connectivity index (χ0n) is 12.1. The Labute approximate surface area is 116 Å². The van der Waals surface area contributed by atoms with Gasteiger partial charge in [-0.25, -0.2) is 0 Å². The summed E-state index contributed by atoms with van der Waals surface area (Å²) in [5, 5.41) is 0. The lowest BCUT2D eigenvalue weighted by Crippen LogP contribution is -2.44. The van der Waals surface area contributed by atoms with Crippen LogP contribution in [0.4, 0.5) is 0 Å². The van der Waals surface area contributed by atoms with E-state index in [0.717, 1.165) is 44.7 Å². The third-order valence-electron chi connectivity index (χ3n) is 3.84. The SMILES string of the molecule is CCCOc1ccc(CN2CCC(N)CC2C)cc1. The van der Waals surface area contributed by atoms with E-state index < -0.39 is 0 Å². The van der Waals surface area contributed by atoms with Gasteiger partial charge in [-0.3, -0.25) is 4.90 Å². The molecule has 0 saturated carbocycles. The highest BCUT2D eigenvalue weighted by Crippen LogP contribution is 2.20. The maximum absolute atomic E-state index is 6.00. The molecule has 2 atom stereocenters. The molecule has 106 valence electrons. The van der Waals surface area contributed by atoms with Crippen LogP contribution in [0.15, 0.2) is 24.3 Å². The Bertz CT molecular complexity index is 377. The number of piperidine rings is 1. The Morgan fingerprint density at radius 3 is 2.68 bits per heavy atom. The molecule has 1 aromatic rings. The molecule has 1 heterocycles. The van der Waals surface area contributed by atoms with Crippen molar-refractivity contribution in [2.75, 3.05) is 13.2 Å². The smallest absolute Gasteiger partial charge is 0.119 e. The summed E-state index contributed by atoms with van der Waals surface area (Å²) in [5.41, 5.74) is 7.36. The van der Waals surface area contributed by atoms with Crippen LogP contribution in [0.1, 0.15) is 38.7 Å². The van der Waals surface area contributed by atoms with E-state index in [1.807, 2.05) is 0 Å². The summed E-state index contributed by atoms with van der Waals surface area (Å²) in [4.78, 5) is 2.52. The van der Waals surface area contributed by atoms with E-state index >= 15 is 0 Å². The minimum atomic E-state index is 0.385. The second kappa shape index (κ2) is 6.92. The van der Waals surface area contributed by atoms with Crippen molar-refractivity contribution in [3.8, 4) is 5.75 Å². The Kier molecular flexibility index (Phi) is 5.23. The highest BCUT2D eigenvalue weighted by atomic mass is 16.5. The summed E-state index contributed by atoms with van der Waals surface area (Å²) in [6, 6.07) is 9.46. The van der Waals surface area contributed by atoms with Crippen LogP contribution in [0.5, 0.6) is 5.75 Å². The zero-order chi connectivity index (χ0) is 13.7. The highest BCUT2D eigenvalue weighted by molar-refractivity contribution is 5.27. The highest BCUT2D eigenvalue weighted by Gasteiger charge is 2.22. The van der Waals surface area contributed by atoms with Gasteiger partial charge in [0, 0.05) is 25.2 Å². The normalized spacial score (nSPS) is 24.4. The summed E-state index contributed by atoms with van der Waals surface area (Å²) >= 11 is 0. The quantitative estimate of drug-likeness (QED) is 0.887. The van der Waals surface area contributed by atoms with E-state index in [-0.39, 0.29) is 0 Å². The molecular weight excluding hydrogens is 236 g/mol. The van der Waals surface area contributed by atoms with Gasteiger partial charge < -0.3 is 10.5 Å². The Morgan fingerprint density at radius 2 is 2.05 bits per heavy atom. The molecule has 1 aromatic carbocycles. The minimum Gasteiger partial charge on any atom is -0.494 e. The summed E-state index contributed by atoms with van der Waals surface area (Å²) in [7, 11) is 0. The third kappa shape index (κ3) is 4.22. The molecular formula is C16H26N2O. The van der Waals surface area contributed by atoms with Gasteiger partial charge in [-0.1, -0.05) is 19.1 Å². The Morgan fingerprint density at radius 1 is 1.32 bits per heavy atom. The minimum absolute atomic E-state index is 0.385. The van der Waals surface area contributed by atoms with E-state index in [4.69, 9.17) is 10.5 Å². The van der Waals surface area contributed by atoms with Gasteiger partial charge in [-0.15, -0.1) is 0 Å². The lowest BCUT2D eigenvalue weighted by molar-refractivity contribution is 0.140. The van der Waals surface area contributed by atoms with Gasteiger partial charge in [0.15, 0.2) is 0 Å². The number of hydrogen-bond donors (Lipinski definition) is 1. The number of hydrogen-bond acceptors (Lipinski definition) is 3. The van der Waals surface area contributed by atoms with Gasteiger partial charge in [-0.2, -0.15) is 0 Å². The molecule has 0 spiro atoms. The molecule has 3 nitrogen and oxygen atoms in total. The largest absolute Gasteiger partial charge is 0.494 e. The van der Waals surface area contributed by atoms with Crippen molar-refractivity contribution >= 4 is 0 Å². The maximum Gasteiger partial charge on any atom is 0.119 e. The van der Waals surface area contributed by atoms with E-state index in [9.17, 15) is 0 Å². The molecule has 2 unspecified atom stereocenters. The number of benzene rings is 1. The van der Waals surface area contributed by atoms with Crippen molar-refractivity contribution in [3.63, 3.8) is 0 Å². The fraction of sp³-hybridized carbons (Fsp3) is 0.625. The second-order valence-corrected chi connectivity index (χ2v) is 5.60. The number of likely N-dealkylation sites (tertiary alicyclic amines) is 1. The molecule has 1 fully saturated rings. The predicted molar refractivity (Wildman–Crippen MR) is 79.3 cm³/mol. The average molecular weight is 262 g/mol. The maximum atomic E-state index is 6.00. The molecule has 0 amide bonds.